The second-order valence-electron chi connectivity index (χ2n) is 5.18. The van der Waals surface area contributed by atoms with Gasteiger partial charge in [-0.3, -0.25) is 0 Å². The number of fused-ring (bicyclic) bond motifs is 1. The molecular weight excluding hydrogens is 252 g/mol. The summed E-state index contributed by atoms with van der Waals surface area (Å²) in [6.45, 7) is 1.13. The topological polar surface area (TPSA) is 31.0 Å². The van der Waals surface area contributed by atoms with Crippen molar-refractivity contribution in [2.24, 2.45) is 0 Å². The monoisotopic (exact) mass is 268 g/mol. The zero-order chi connectivity index (χ0) is 13.4. The summed E-state index contributed by atoms with van der Waals surface area (Å²) >= 11 is 0. The van der Waals surface area contributed by atoms with Gasteiger partial charge in [0.1, 0.15) is 12.2 Å². The number of epoxide rings is 1. The van der Waals surface area contributed by atoms with Gasteiger partial charge in [-0.1, -0.05) is 60.7 Å². The molecule has 0 aromatic heterocycles. The summed E-state index contributed by atoms with van der Waals surface area (Å²) in [7, 11) is 0. The van der Waals surface area contributed by atoms with Gasteiger partial charge in [-0.15, -0.1) is 0 Å². The normalized spacial score (nSPS) is 27.4. The van der Waals surface area contributed by atoms with Crippen molar-refractivity contribution < 1.29 is 14.2 Å². The molecule has 0 spiro atoms. The average Bonchev–Trinajstić information content (AvgIpc) is 3.28. The van der Waals surface area contributed by atoms with Crippen LogP contribution in [0.5, 0.6) is 0 Å². The standard InChI is InChI=1S/C17H16O3/c1-3-7-13(8-4-1)17(14-9-5-2-6-10-14)18-11-15-16(20-15)12-19-17/h1-10,15-16H,11-12H2. The second-order valence-corrected chi connectivity index (χ2v) is 5.18. The fourth-order valence-corrected chi connectivity index (χ4v) is 2.73. The minimum absolute atomic E-state index is 0.185. The Morgan fingerprint density at radius 2 is 1.15 bits per heavy atom. The summed E-state index contributed by atoms with van der Waals surface area (Å²) in [5.74, 6) is -0.820. The molecule has 0 N–H and O–H groups in total. The van der Waals surface area contributed by atoms with Crippen LogP contribution < -0.4 is 0 Å². The van der Waals surface area contributed by atoms with Gasteiger partial charge >= 0.3 is 0 Å². The smallest absolute Gasteiger partial charge is 0.222 e. The highest BCUT2D eigenvalue weighted by Gasteiger charge is 2.49. The lowest BCUT2D eigenvalue weighted by Gasteiger charge is -2.33. The van der Waals surface area contributed by atoms with Crippen LogP contribution >= 0.6 is 0 Å². The number of benzene rings is 2. The average molecular weight is 268 g/mol. The van der Waals surface area contributed by atoms with Crippen LogP contribution in [0.1, 0.15) is 11.1 Å². The summed E-state index contributed by atoms with van der Waals surface area (Å²) in [6, 6.07) is 20.2. The van der Waals surface area contributed by atoms with E-state index in [2.05, 4.69) is 0 Å². The van der Waals surface area contributed by atoms with Crippen molar-refractivity contribution in [3.63, 3.8) is 0 Å². The summed E-state index contributed by atoms with van der Waals surface area (Å²) < 4.78 is 17.8. The van der Waals surface area contributed by atoms with Crippen LogP contribution in [0.2, 0.25) is 0 Å². The maximum Gasteiger partial charge on any atom is 0.222 e. The third kappa shape index (κ3) is 1.95. The van der Waals surface area contributed by atoms with Crippen LogP contribution in [0, 0.1) is 0 Å². The fourth-order valence-electron chi connectivity index (χ4n) is 2.73. The molecule has 2 aromatic carbocycles. The van der Waals surface area contributed by atoms with Crippen molar-refractivity contribution in [3.05, 3.63) is 71.8 Å². The first-order chi connectivity index (χ1) is 9.88. The molecule has 0 saturated carbocycles. The van der Waals surface area contributed by atoms with Gasteiger partial charge in [-0.25, -0.2) is 0 Å². The van der Waals surface area contributed by atoms with E-state index in [-0.39, 0.29) is 12.2 Å². The molecule has 0 aliphatic carbocycles. The van der Waals surface area contributed by atoms with Crippen molar-refractivity contribution in [1.82, 2.24) is 0 Å². The lowest BCUT2D eigenvalue weighted by molar-refractivity contribution is -0.217. The highest BCUT2D eigenvalue weighted by atomic mass is 16.7. The number of hydrogen-bond donors (Lipinski definition) is 0. The Morgan fingerprint density at radius 1 is 0.700 bits per heavy atom. The van der Waals surface area contributed by atoms with Crippen LogP contribution in [-0.2, 0) is 20.0 Å². The largest absolute Gasteiger partial charge is 0.365 e. The molecule has 2 saturated heterocycles. The van der Waals surface area contributed by atoms with E-state index in [1.807, 2.05) is 60.7 Å². The molecular formula is C17H16O3. The van der Waals surface area contributed by atoms with Crippen molar-refractivity contribution in [1.29, 1.82) is 0 Å². The molecule has 20 heavy (non-hydrogen) atoms. The predicted molar refractivity (Wildman–Crippen MR) is 74.2 cm³/mol. The third-order valence-corrected chi connectivity index (χ3v) is 3.90. The quantitative estimate of drug-likeness (QED) is 0.785. The maximum atomic E-state index is 6.17. The minimum Gasteiger partial charge on any atom is -0.365 e. The first-order valence-corrected chi connectivity index (χ1v) is 6.93. The Kier molecular flexibility index (Phi) is 2.84. The molecule has 3 nitrogen and oxygen atoms in total. The zero-order valence-corrected chi connectivity index (χ0v) is 11.1. The Labute approximate surface area is 118 Å². The van der Waals surface area contributed by atoms with Crippen LogP contribution in [0.3, 0.4) is 0 Å². The maximum absolute atomic E-state index is 6.17. The molecule has 2 aromatic rings. The first kappa shape index (κ1) is 12.1. The molecule has 2 atom stereocenters. The molecule has 0 radical (unpaired) electrons. The molecule has 2 aliphatic heterocycles. The Morgan fingerprint density at radius 3 is 1.60 bits per heavy atom. The predicted octanol–water partition coefficient (Wildman–Crippen LogP) is 2.70. The van der Waals surface area contributed by atoms with Gasteiger partial charge in [0, 0.05) is 11.1 Å². The number of hydrogen-bond acceptors (Lipinski definition) is 3. The van der Waals surface area contributed by atoms with Crippen LogP contribution in [0.25, 0.3) is 0 Å². The van der Waals surface area contributed by atoms with Gasteiger partial charge < -0.3 is 14.2 Å². The Bertz CT molecular complexity index is 528. The van der Waals surface area contributed by atoms with Crippen molar-refractivity contribution >= 4 is 0 Å². The summed E-state index contributed by atoms with van der Waals surface area (Å²) in [6.07, 6.45) is 0.369. The second kappa shape index (κ2) is 4.70. The van der Waals surface area contributed by atoms with Crippen molar-refractivity contribution in [2.45, 2.75) is 18.0 Å². The Hall–Kier alpha value is -1.68. The van der Waals surface area contributed by atoms with E-state index in [1.54, 1.807) is 0 Å². The van der Waals surface area contributed by atoms with E-state index in [0.717, 1.165) is 11.1 Å². The van der Waals surface area contributed by atoms with Crippen molar-refractivity contribution in [2.75, 3.05) is 13.2 Å². The first-order valence-electron chi connectivity index (χ1n) is 6.93. The highest BCUT2D eigenvalue weighted by Crippen LogP contribution is 2.40. The molecule has 3 heteroatoms. The van der Waals surface area contributed by atoms with E-state index in [1.165, 1.54) is 0 Å². The van der Waals surface area contributed by atoms with E-state index in [9.17, 15) is 0 Å². The molecule has 0 bridgehead atoms. The van der Waals surface area contributed by atoms with Gasteiger partial charge in [-0.05, 0) is 0 Å². The van der Waals surface area contributed by atoms with E-state index in [4.69, 9.17) is 14.2 Å². The molecule has 2 heterocycles. The fraction of sp³-hybridized carbons (Fsp3) is 0.294. The van der Waals surface area contributed by atoms with Crippen LogP contribution in [0.4, 0.5) is 0 Å². The molecule has 102 valence electrons. The van der Waals surface area contributed by atoms with Gasteiger partial charge in [0.05, 0.1) is 13.2 Å². The summed E-state index contributed by atoms with van der Waals surface area (Å²) in [5.41, 5.74) is 2.04. The Balaban J connectivity index is 1.80. The lowest BCUT2D eigenvalue weighted by Crippen LogP contribution is -2.35. The van der Waals surface area contributed by atoms with E-state index >= 15 is 0 Å². The van der Waals surface area contributed by atoms with Crippen LogP contribution in [0.15, 0.2) is 60.7 Å². The molecule has 2 aliphatic rings. The van der Waals surface area contributed by atoms with Gasteiger partial charge in [-0.2, -0.15) is 0 Å². The number of rotatable bonds is 2. The van der Waals surface area contributed by atoms with Crippen LogP contribution in [-0.4, -0.2) is 25.4 Å². The highest BCUT2D eigenvalue weighted by molar-refractivity contribution is 5.34. The summed E-state index contributed by atoms with van der Waals surface area (Å²) in [4.78, 5) is 0. The minimum atomic E-state index is -0.820. The van der Waals surface area contributed by atoms with Gasteiger partial charge in [0.25, 0.3) is 0 Å². The lowest BCUT2D eigenvalue weighted by atomic mass is 9.97. The molecule has 0 amide bonds. The van der Waals surface area contributed by atoms with Crippen molar-refractivity contribution in [3.8, 4) is 0 Å². The van der Waals surface area contributed by atoms with Gasteiger partial charge in [0.15, 0.2) is 0 Å². The molecule has 2 fully saturated rings. The zero-order valence-electron chi connectivity index (χ0n) is 11.1. The molecule has 4 rings (SSSR count). The summed E-state index contributed by atoms with van der Waals surface area (Å²) in [5, 5.41) is 0. The SMILES string of the molecule is c1ccc(C2(c3ccccc3)OCC3OC3CO2)cc1. The molecule has 2 unspecified atom stereocenters. The van der Waals surface area contributed by atoms with Gasteiger partial charge in [0.2, 0.25) is 5.79 Å². The van der Waals surface area contributed by atoms with E-state index in [0.29, 0.717) is 13.2 Å². The number of ether oxygens (including phenoxy) is 3. The third-order valence-electron chi connectivity index (χ3n) is 3.90. The van der Waals surface area contributed by atoms with E-state index < -0.39 is 5.79 Å².